The lowest BCUT2D eigenvalue weighted by Crippen LogP contribution is -1.81. The molecule has 4 heteroatoms. The number of nitrogens with zero attached hydrogens (tertiary/aromatic N) is 1. The molecule has 0 atom stereocenters. The first-order valence-electron chi connectivity index (χ1n) is 6.25. The van der Waals surface area contributed by atoms with E-state index in [1.54, 1.807) is 0 Å². The number of benzene rings is 2. The first kappa shape index (κ1) is 13.3. The van der Waals surface area contributed by atoms with Crippen LogP contribution in [0.5, 0.6) is 0 Å². The summed E-state index contributed by atoms with van der Waals surface area (Å²) >= 11 is 10.4. The number of hydrogen-bond acceptors (Lipinski definition) is 2. The predicted molar refractivity (Wildman–Crippen MR) is 86.5 cm³/mol. The molecule has 0 unspecified atom stereocenters. The van der Waals surface area contributed by atoms with Crippen molar-refractivity contribution in [2.45, 2.75) is 11.9 Å². The van der Waals surface area contributed by atoms with E-state index >= 15 is 0 Å². The summed E-state index contributed by atoms with van der Waals surface area (Å²) in [5, 5.41) is 1.41. The maximum atomic E-state index is 5.90. The largest absolute Gasteiger partial charge is 0.337 e. The van der Waals surface area contributed by atoms with Crippen LogP contribution < -0.4 is 0 Å². The van der Waals surface area contributed by atoms with Crippen LogP contribution in [0, 0.1) is 6.92 Å². The second kappa shape index (κ2) is 5.35. The summed E-state index contributed by atoms with van der Waals surface area (Å²) in [7, 11) is 0. The van der Waals surface area contributed by atoms with Crippen LogP contribution >= 0.6 is 24.2 Å². The van der Waals surface area contributed by atoms with Crippen LogP contribution in [0.2, 0.25) is 5.02 Å². The van der Waals surface area contributed by atoms with Gasteiger partial charge in [0.25, 0.3) is 0 Å². The van der Waals surface area contributed by atoms with Crippen molar-refractivity contribution in [3.63, 3.8) is 0 Å². The van der Waals surface area contributed by atoms with Crippen molar-refractivity contribution in [1.82, 2.24) is 9.97 Å². The summed E-state index contributed by atoms with van der Waals surface area (Å²) in [5.74, 6) is 0.794. The fourth-order valence-electron chi connectivity index (χ4n) is 2.03. The minimum atomic E-state index is 0.693. The van der Waals surface area contributed by atoms with Gasteiger partial charge in [0.2, 0.25) is 0 Å². The Morgan fingerprint density at radius 1 is 0.950 bits per heavy atom. The number of aromatic amines is 1. The molecule has 3 rings (SSSR count). The van der Waals surface area contributed by atoms with Crippen molar-refractivity contribution in [2.75, 3.05) is 0 Å². The molecule has 0 saturated carbocycles. The Labute approximate surface area is 128 Å². The van der Waals surface area contributed by atoms with E-state index in [2.05, 4.69) is 53.8 Å². The number of aromatic nitrogens is 2. The number of nitrogens with one attached hydrogen (secondary N) is 1. The number of aryl methyl sites for hydroxylation is 1. The highest BCUT2D eigenvalue weighted by Crippen LogP contribution is 2.28. The van der Waals surface area contributed by atoms with Crippen LogP contribution in [-0.2, 0) is 0 Å². The molecular weight excluding hydrogens is 288 g/mol. The second-order valence-electron chi connectivity index (χ2n) is 4.66. The third kappa shape index (κ3) is 2.60. The summed E-state index contributed by atoms with van der Waals surface area (Å²) in [6.45, 7) is 2.07. The smallest absolute Gasteiger partial charge is 0.139 e. The summed E-state index contributed by atoms with van der Waals surface area (Å²) < 4.78 is 0. The van der Waals surface area contributed by atoms with E-state index in [-0.39, 0.29) is 0 Å². The molecule has 0 bridgehead atoms. The van der Waals surface area contributed by atoms with Gasteiger partial charge in [0, 0.05) is 16.1 Å². The summed E-state index contributed by atoms with van der Waals surface area (Å²) in [5.41, 5.74) is 4.22. The summed E-state index contributed by atoms with van der Waals surface area (Å²) in [6, 6.07) is 15.9. The molecule has 0 spiro atoms. The van der Waals surface area contributed by atoms with Gasteiger partial charge in [-0.2, -0.15) is 0 Å². The van der Waals surface area contributed by atoms with Crippen molar-refractivity contribution in [3.8, 4) is 22.6 Å². The lowest BCUT2D eigenvalue weighted by atomic mass is 10.1. The van der Waals surface area contributed by atoms with Gasteiger partial charge in [-0.1, -0.05) is 41.4 Å². The van der Waals surface area contributed by atoms with Gasteiger partial charge in [0.05, 0.1) is 5.69 Å². The molecule has 1 heterocycles. The van der Waals surface area contributed by atoms with Crippen molar-refractivity contribution in [3.05, 3.63) is 59.1 Å². The van der Waals surface area contributed by atoms with Gasteiger partial charge < -0.3 is 4.98 Å². The molecule has 0 saturated heterocycles. The molecule has 0 radical (unpaired) electrons. The van der Waals surface area contributed by atoms with Crippen molar-refractivity contribution in [2.24, 2.45) is 0 Å². The predicted octanol–water partition coefficient (Wildman–Crippen LogP) is 4.99. The molecule has 0 amide bonds. The van der Waals surface area contributed by atoms with Crippen LogP contribution in [0.4, 0.5) is 0 Å². The lowest BCUT2D eigenvalue weighted by Gasteiger charge is -2.00. The second-order valence-corrected chi connectivity index (χ2v) is 5.52. The summed E-state index contributed by atoms with van der Waals surface area (Å²) in [6.07, 6.45) is 0. The van der Waals surface area contributed by atoms with Gasteiger partial charge >= 0.3 is 0 Å². The van der Waals surface area contributed by atoms with E-state index in [9.17, 15) is 0 Å². The standard InChI is InChI=1S/C16H13ClN2S/c1-10-2-4-11(5-3-10)14-16(20)19-15(18-14)12-6-8-13(17)9-7-12/h2-9,20H,1H3,(H,18,19). The maximum absolute atomic E-state index is 5.90. The molecule has 2 aromatic carbocycles. The van der Waals surface area contributed by atoms with Gasteiger partial charge in [-0.15, -0.1) is 12.6 Å². The molecule has 20 heavy (non-hydrogen) atoms. The Balaban J connectivity index is 2.02. The lowest BCUT2D eigenvalue weighted by molar-refractivity contribution is 1.21. The van der Waals surface area contributed by atoms with E-state index < -0.39 is 0 Å². The van der Waals surface area contributed by atoms with Crippen molar-refractivity contribution < 1.29 is 0 Å². The Bertz CT molecular complexity index is 730. The van der Waals surface area contributed by atoms with Gasteiger partial charge in [0.1, 0.15) is 10.9 Å². The van der Waals surface area contributed by atoms with E-state index in [1.165, 1.54) is 5.56 Å². The zero-order chi connectivity index (χ0) is 14.1. The Hall–Kier alpha value is -1.71. The first-order valence-corrected chi connectivity index (χ1v) is 7.08. The molecule has 100 valence electrons. The minimum absolute atomic E-state index is 0.693. The van der Waals surface area contributed by atoms with E-state index in [1.807, 2.05) is 24.3 Å². The highest BCUT2D eigenvalue weighted by Gasteiger charge is 2.10. The number of imidazole rings is 1. The number of H-pyrrole nitrogens is 1. The molecule has 0 aliphatic carbocycles. The Kier molecular flexibility index (Phi) is 3.55. The Morgan fingerprint density at radius 3 is 2.20 bits per heavy atom. The van der Waals surface area contributed by atoms with E-state index in [0.717, 1.165) is 22.6 Å². The third-order valence-corrected chi connectivity index (χ3v) is 3.72. The molecule has 0 fully saturated rings. The highest BCUT2D eigenvalue weighted by molar-refractivity contribution is 7.80. The third-order valence-electron chi connectivity index (χ3n) is 3.14. The molecule has 0 aliphatic heterocycles. The number of rotatable bonds is 2. The maximum Gasteiger partial charge on any atom is 0.139 e. The zero-order valence-electron chi connectivity index (χ0n) is 10.9. The summed E-state index contributed by atoms with van der Waals surface area (Å²) in [4.78, 5) is 7.80. The van der Waals surface area contributed by atoms with Gasteiger partial charge in [-0.3, -0.25) is 0 Å². The van der Waals surface area contributed by atoms with E-state index in [0.29, 0.717) is 10.0 Å². The average Bonchev–Trinajstić information content (AvgIpc) is 2.82. The minimum Gasteiger partial charge on any atom is -0.337 e. The van der Waals surface area contributed by atoms with Crippen LogP contribution in [-0.4, -0.2) is 9.97 Å². The number of thiol groups is 1. The highest BCUT2D eigenvalue weighted by atomic mass is 35.5. The topological polar surface area (TPSA) is 28.7 Å². The Morgan fingerprint density at radius 2 is 1.55 bits per heavy atom. The van der Waals surface area contributed by atoms with Crippen LogP contribution in [0.15, 0.2) is 53.6 Å². The fraction of sp³-hybridized carbons (Fsp3) is 0.0625. The van der Waals surface area contributed by atoms with Crippen molar-refractivity contribution >= 4 is 24.2 Å². The van der Waals surface area contributed by atoms with Crippen LogP contribution in [0.25, 0.3) is 22.6 Å². The fourth-order valence-corrected chi connectivity index (χ4v) is 2.44. The molecular formula is C16H13ClN2S. The van der Waals surface area contributed by atoms with Gasteiger partial charge in [-0.25, -0.2) is 4.98 Å². The average molecular weight is 301 g/mol. The van der Waals surface area contributed by atoms with Gasteiger partial charge in [-0.05, 0) is 31.2 Å². The molecule has 1 aromatic heterocycles. The number of hydrogen-bond donors (Lipinski definition) is 2. The van der Waals surface area contributed by atoms with Crippen LogP contribution in [0.3, 0.4) is 0 Å². The van der Waals surface area contributed by atoms with E-state index in [4.69, 9.17) is 11.6 Å². The van der Waals surface area contributed by atoms with Crippen LogP contribution in [0.1, 0.15) is 5.56 Å². The number of halogens is 1. The zero-order valence-corrected chi connectivity index (χ0v) is 12.5. The van der Waals surface area contributed by atoms with Gasteiger partial charge in [0.15, 0.2) is 0 Å². The molecule has 1 N–H and O–H groups in total. The molecule has 2 nitrogen and oxygen atoms in total. The monoisotopic (exact) mass is 300 g/mol. The normalized spacial score (nSPS) is 10.8. The van der Waals surface area contributed by atoms with Crippen molar-refractivity contribution in [1.29, 1.82) is 0 Å². The quantitative estimate of drug-likeness (QED) is 0.641. The molecule has 0 aliphatic rings. The SMILES string of the molecule is Cc1ccc(-c2[nH]c(-c3ccc(Cl)cc3)nc2S)cc1. The first-order chi connectivity index (χ1) is 9.63. The molecule has 3 aromatic rings.